The predicted molar refractivity (Wildman–Crippen MR) is 59.6 cm³/mol. The van der Waals surface area contributed by atoms with E-state index in [4.69, 9.17) is 15.3 Å². The van der Waals surface area contributed by atoms with Crippen molar-refractivity contribution in [2.24, 2.45) is 0 Å². The first-order valence-electron chi connectivity index (χ1n) is 4.34. The molecule has 0 amide bonds. The molecule has 1 aromatic rings. The Balaban J connectivity index is 0.000000241. The SMILES string of the molecule is OCCSCCO.Oc1ccccc1. The summed E-state index contributed by atoms with van der Waals surface area (Å²) in [6.45, 7) is 0.426. The van der Waals surface area contributed by atoms with E-state index in [0.717, 1.165) is 11.5 Å². The Labute approximate surface area is 88.4 Å². The van der Waals surface area contributed by atoms with Crippen LogP contribution in [0.4, 0.5) is 0 Å². The van der Waals surface area contributed by atoms with Crippen LogP contribution in [0, 0.1) is 0 Å². The van der Waals surface area contributed by atoms with E-state index in [1.165, 1.54) is 0 Å². The molecule has 3 N–H and O–H groups in total. The summed E-state index contributed by atoms with van der Waals surface area (Å²) >= 11 is 1.55. The number of aliphatic hydroxyl groups excluding tert-OH is 2. The largest absolute Gasteiger partial charge is 0.508 e. The Morgan fingerprint density at radius 1 is 0.929 bits per heavy atom. The van der Waals surface area contributed by atoms with Gasteiger partial charge in [0.25, 0.3) is 0 Å². The van der Waals surface area contributed by atoms with Crippen LogP contribution >= 0.6 is 11.8 Å². The molecule has 0 aromatic heterocycles. The molecule has 0 spiro atoms. The minimum atomic E-state index is 0.213. The number of rotatable bonds is 4. The van der Waals surface area contributed by atoms with Crippen LogP contribution in [0.1, 0.15) is 0 Å². The van der Waals surface area contributed by atoms with Gasteiger partial charge in [-0.3, -0.25) is 0 Å². The Morgan fingerprint density at radius 3 is 1.71 bits per heavy atom. The lowest BCUT2D eigenvalue weighted by atomic mass is 10.3. The van der Waals surface area contributed by atoms with Crippen LogP contribution in [0.15, 0.2) is 30.3 Å². The van der Waals surface area contributed by atoms with E-state index in [-0.39, 0.29) is 13.2 Å². The molecule has 4 heteroatoms. The van der Waals surface area contributed by atoms with Gasteiger partial charge in [-0.2, -0.15) is 11.8 Å². The van der Waals surface area contributed by atoms with Crippen molar-refractivity contribution in [1.29, 1.82) is 0 Å². The molecule has 3 nitrogen and oxygen atoms in total. The number of hydrogen-bond donors (Lipinski definition) is 3. The number of phenols is 1. The third kappa shape index (κ3) is 9.38. The number of para-hydroxylation sites is 1. The van der Waals surface area contributed by atoms with E-state index in [9.17, 15) is 0 Å². The van der Waals surface area contributed by atoms with Gasteiger partial charge < -0.3 is 15.3 Å². The first-order valence-corrected chi connectivity index (χ1v) is 5.50. The molecular formula is C10H16O3S. The average molecular weight is 216 g/mol. The highest BCUT2D eigenvalue weighted by atomic mass is 32.2. The van der Waals surface area contributed by atoms with Crippen LogP contribution in [0.2, 0.25) is 0 Å². The Hall–Kier alpha value is -0.710. The normalized spacial score (nSPS) is 9.00. The zero-order valence-corrected chi connectivity index (χ0v) is 8.78. The van der Waals surface area contributed by atoms with Gasteiger partial charge in [0.05, 0.1) is 13.2 Å². The molecule has 0 saturated heterocycles. The molecule has 0 heterocycles. The highest BCUT2D eigenvalue weighted by molar-refractivity contribution is 7.99. The summed E-state index contributed by atoms with van der Waals surface area (Å²) in [7, 11) is 0. The fraction of sp³-hybridized carbons (Fsp3) is 0.400. The number of phenolic OH excluding ortho intramolecular Hbond substituents is 1. The molecule has 14 heavy (non-hydrogen) atoms. The molecule has 0 aliphatic heterocycles. The monoisotopic (exact) mass is 216 g/mol. The predicted octanol–water partition coefficient (Wildman–Crippen LogP) is 1.10. The zero-order chi connectivity index (χ0) is 10.6. The summed E-state index contributed by atoms with van der Waals surface area (Å²) in [6.07, 6.45) is 0. The van der Waals surface area contributed by atoms with E-state index in [0.29, 0.717) is 5.75 Å². The summed E-state index contributed by atoms with van der Waals surface area (Å²) in [5, 5.41) is 25.0. The van der Waals surface area contributed by atoms with Crippen molar-refractivity contribution < 1.29 is 15.3 Å². The summed E-state index contributed by atoms with van der Waals surface area (Å²) in [5.41, 5.74) is 0. The number of aromatic hydroxyl groups is 1. The molecule has 1 rings (SSSR count). The van der Waals surface area contributed by atoms with Crippen molar-refractivity contribution in [1.82, 2.24) is 0 Å². The molecule has 0 aliphatic rings. The van der Waals surface area contributed by atoms with Crippen LogP contribution in [-0.2, 0) is 0 Å². The van der Waals surface area contributed by atoms with Gasteiger partial charge >= 0.3 is 0 Å². The maximum absolute atomic E-state index is 8.63. The third-order valence-electron chi connectivity index (χ3n) is 1.23. The van der Waals surface area contributed by atoms with Crippen LogP contribution in [0.25, 0.3) is 0 Å². The molecule has 0 unspecified atom stereocenters. The van der Waals surface area contributed by atoms with Crippen molar-refractivity contribution in [2.75, 3.05) is 24.7 Å². The molecule has 0 fully saturated rings. The van der Waals surface area contributed by atoms with Crippen molar-refractivity contribution in [3.8, 4) is 5.75 Å². The van der Waals surface area contributed by atoms with Crippen LogP contribution in [0.5, 0.6) is 5.75 Å². The summed E-state index contributed by atoms with van der Waals surface area (Å²) in [5.74, 6) is 1.80. The van der Waals surface area contributed by atoms with Crippen LogP contribution in [0.3, 0.4) is 0 Å². The van der Waals surface area contributed by atoms with Gasteiger partial charge in [0.2, 0.25) is 0 Å². The van der Waals surface area contributed by atoms with Gasteiger partial charge in [0.15, 0.2) is 0 Å². The van der Waals surface area contributed by atoms with E-state index in [1.54, 1.807) is 36.0 Å². The van der Waals surface area contributed by atoms with Gasteiger partial charge in [-0.05, 0) is 12.1 Å². The zero-order valence-electron chi connectivity index (χ0n) is 7.97. The molecule has 1 aromatic carbocycles. The van der Waals surface area contributed by atoms with Gasteiger partial charge in [-0.1, -0.05) is 18.2 Å². The minimum Gasteiger partial charge on any atom is -0.508 e. The van der Waals surface area contributed by atoms with Crippen molar-refractivity contribution in [3.63, 3.8) is 0 Å². The third-order valence-corrected chi connectivity index (χ3v) is 2.17. The summed E-state index contributed by atoms with van der Waals surface area (Å²) < 4.78 is 0. The van der Waals surface area contributed by atoms with Gasteiger partial charge in [-0.25, -0.2) is 0 Å². The van der Waals surface area contributed by atoms with Crippen LogP contribution < -0.4 is 0 Å². The van der Waals surface area contributed by atoms with Gasteiger partial charge in [-0.15, -0.1) is 0 Å². The maximum Gasteiger partial charge on any atom is 0.115 e. The second-order valence-electron chi connectivity index (χ2n) is 2.40. The Bertz CT molecular complexity index is 200. The second kappa shape index (κ2) is 10.4. The summed E-state index contributed by atoms with van der Waals surface area (Å²) in [4.78, 5) is 0. The van der Waals surface area contributed by atoms with E-state index in [1.807, 2.05) is 6.07 Å². The van der Waals surface area contributed by atoms with Gasteiger partial charge in [0.1, 0.15) is 5.75 Å². The number of aliphatic hydroxyl groups is 2. The Kier molecular flexibility index (Phi) is 9.85. The fourth-order valence-electron chi connectivity index (χ4n) is 0.659. The first kappa shape index (κ1) is 13.3. The molecule has 80 valence electrons. The van der Waals surface area contributed by atoms with Crippen molar-refractivity contribution in [3.05, 3.63) is 30.3 Å². The summed E-state index contributed by atoms with van der Waals surface area (Å²) in [6, 6.07) is 8.71. The lowest BCUT2D eigenvalue weighted by molar-refractivity contribution is 0.318. The highest BCUT2D eigenvalue weighted by Gasteiger charge is 1.81. The molecule has 0 radical (unpaired) electrons. The molecule has 0 aliphatic carbocycles. The number of hydrogen-bond acceptors (Lipinski definition) is 4. The second-order valence-corrected chi connectivity index (χ2v) is 3.62. The maximum atomic E-state index is 8.63. The standard InChI is InChI=1S/C6H6O.C4H10O2S/c7-6-4-2-1-3-5-6;5-1-3-7-4-2-6/h1-5,7H;5-6H,1-4H2. The molecule has 0 atom stereocenters. The quantitative estimate of drug-likeness (QED) is 0.660. The first-order chi connectivity index (χ1) is 6.81. The van der Waals surface area contributed by atoms with E-state index in [2.05, 4.69) is 0 Å². The van der Waals surface area contributed by atoms with E-state index < -0.39 is 0 Å². The molecular weight excluding hydrogens is 200 g/mol. The Morgan fingerprint density at radius 2 is 1.43 bits per heavy atom. The van der Waals surface area contributed by atoms with Crippen molar-refractivity contribution >= 4 is 11.8 Å². The lowest BCUT2D eigenvalue weighted by Gasteiger charge is -1.90. The van der Waals surface area contributed by atoms with E-state index >= 15 is 0 Å². The highest BCUT2D eigenvalue weighted by Crippen LogP contribution is 2.02. The molecule has 0 saturated carbocycles. The number of benzene rings is 1. The van der Waals surface area contributed by atoms with Crippen molar-refractivity contribution in [2.45, 2.75) is 0 Å². The minimum absolute atomic E-state index is 0.213. The fourth-order valence-corrected chi connectivity index (χ4v) is 1.12. The molecule has 0 bridgehead atoms. The lowest BCUT2D eigenvalue weighted by Crippen LogP contribution is -1.91. The van der Waals surface area contributed by atoms with Crippen LogP contribution in [-0.4, -0.2) is 40.0 Å². The van der Waals surface area contributed by atoms with Gasteiger partial charge in [0, 0.05) is 11.5 Å². The smallest absolute Gasteiger partial charge is 0.115 e. The number of thioether (sulfide) groups is 1. The average Bonchev–Trinajstić information content (AvgIpc) is 2.21. The topological polar surface area (TPSA) is 60.7 Å².